The first-order chi connectivity index (χ1) is 12.2. The molecule has 7 heteroatoms. The van der Waals surface area contributed by atoms with Crippen LogP contribution in [-0.2, 0) is 13.1 Å². The maximum absolute atomic E-state index is 14.1. The Kier molecular flexibility index (Phi) is 3.68. The number of nitrogen functional groups attached to an aromatic ring is 1. The number of hydrogen-bond acceptors (Lipinski definition) is 4. The maximum atomic E-state index is 14.1. The van der Waals surface area contributed by atoms with E-state index in [0.717, 1.165) is 23.4 Å². The van der Waals surface area contributed by atoms with Gasteiger partial charge in [0.05, 0.1) is 17.6 Å². The summed E-state index contributed by atoms with van der Waals surface area (Å²) in [6, 6.07) is 8.64. The summed E-state index contributed by atoms with van der Waals surface area (Å²) in [6.07, 6.45) is 5.00. The topological polar surface area (TPSA) is 74.5 Å². The smallest absolute Gasteiger partial charge is 0.162 e. The SMILES string of the molecule is CCn1c(Cn2ccnc2-c2ncccc2F)nc2cc(N)ccc21. The quantitative estimate of drug-likeness (QED) is 0.581. The van der Waals surface area contributed by atoms with Crippen LogP contribution in [0.25, 0.3) is 22.6 Å². The fourth-order valence-electron chi connectivity index (χ4n) is 3.03. The lowest BCUT2D eigenvalue weighted by atomic mass is 10.3. The number of fused-ring (bicyclic) bond motifs is 1. The molecule has 2 N–H and O–H groups in total. The van der Waals surface area contributed by atoms with Crippen LogP contribution in [0.1, 0.15) is 12.7 Å². The van der Waals surface area contributed by atoms with Crippen LogP contribution in [0.2, 0.25) is 0 Å². The third-order valence-corrected chi connectivity index (χ3v) is 4.17. The van der Waals surface area contributed by atoms with Crippen LogP contribution in [0.4, 0.5) is 10.1 Å². The lowest BCUT2D eigenvalue weighted by Crippen LogP contribution is -2.09. The molecule has 3 aromatic heterocycles. The monoisotopic (exact) mass is 336 g/mol. The third kappa shape index (κ3) is 2.63. The van der Waals surface area contributed by atoms with Crippen LogP contribution in [0.5, 0.6) is 0 Å². The molecule has 4 rings (SSSR count). The molecule has 1 aromatic carbocycles. The zero-order valence-electron chi connectivity index (χ0n) is 13.7. The Balaban J connectivity index is 1.78. The molecule has 25 heavy (non-hydrogen) atoms. The van der Waals surface area contributed by atoms with Crippen molar-refractivity contribution in [3.63, 3.8) is 0 Å². The van der Waals surface area contributed by atoms with Gasteiger partial charge in [0, 0.05) is 30.8 Å². The van der Waals surface area contributed by atoms with Gasteiger partial charge < -0.3 is 14.9 Å². The van der Waals surface area contributed by atoms with E-state index in [1.54, 1.807) is 24.7 Å². The second kappa shape index (κ2) is 6.01. The van der Waals surface area contributed by atoms with Gasteiger partial charge in [0.1, 0.15) is 11.5 Å². The number of rotatable bonds is 4. The van der Waals surface area contributed by atoms with Crippen molar-refractivity contribution in [3.8, 4) is 11.5 Å². The van der Waals surface area contributed by atoms with Crippen LogP contribution < -0.4 is 5.73 Å². The molecule has 4 aromatic rings. The van der Waals surface area contributed by atoms with Crippen molar-refractivity contribution in [2.75, 3.05) is 5.73 Å². The predicted octanol–water partition coefficient (Wildman–Crippen LogP) is 3.08. The lowest BCUT2D eigenvalue weighted by molar-refractivity contribution is 0.618. The summed E-state index contributed by atoms with van der Waals surface area (Å²) in [6.45, 7) is 3.31. The van der Waals surface area contributed by atoms with Crippen LogP contribution in [0.3, 0.4) is 0 Å². The zero-order valence-corrected chi connectivity index (χ0v) is 13.7. The van der Waals surface area contributed by atoms with E-state index in [1.807, 2.05) is 22.8 Å². The molecule has 0 fully saturated rings. The van der Waals surface area contributed by atoms with Gasteiger partial charge in [-0.3, -0.25) is 0 Å². The molecular weight excluding hydrogens is 319 g/mol. The van der Waals surface area contributed by atoms with E-state index < -0.39 is 5.82 Å². The number of hydrogen-bond donors (Lipinski definition) is 1. The average molecular weight is 336 g/mol. The number of nitrogens with two attached hydrogens (primary N) is 1. The van der Waals surface area contributed by atoms with E-state index in [0.29, 0.717) is 18.1 Å². The highest BCUT2D eigenvalue weighted by Gasteiger charge is 2.15. The second-order valence-corrected chi connectivity index (χ2v) is 5.73. The Morgan fingerprint density at radius 1 is 1.16 bits per heavy atom. The van der Waals surface area contributed by atoms with Crippen molar-refractivity contribution in [2.24, 2.45) is 0 Å². The van der Waals surface area contributed by atoms with E-state index in [2.05, 4.69) is 21.5 Å². The summed E-state index contributed by atoms with van der Waals surface area (Å²) in [5.74, 6) is 0.942. The number of nitrogens with zero attached hydrogens (tertiary/aromatic N) is 5. The molecule has 0 atom stereocenters. The molecule has 0 saturated carbocycles. The molecular formula is C18H17FN6. The molecule has 0 amide bonds. The first-order valence-corrected chi connectivity index (χ1v) is 8.04. The van der Waals surface area contributed by atoms with Crippen molar-refractivity contribution in [1.29, 1.82) is 0 Å². The highest BCUT2D eigenvalue weighted by atomic mass is 19.1. The highest BCUT2D eigenvalue weighted by Crippen LogP contribution is 2.22. The third-order valence-electron chi connectivity index (χ3n) is 4.17. The predicted molar refractivity (Wildman–Crippen MR) is 94.3 cm³/mol. The van der Waals surface area contributed by atoms with Gasteiger partial charge >= 0.3 is 0 Å². The van der Waals surface area contributed by atoms with E-state index in [-0.39, 0.29) is 5.69 Å². The first kappa shape index (κ1) is 15.3. The van der Waals surface area contributed by atoms with Gasteiger partial charge in [-0.15, -0.1) is 0 Å². The minimum absolute atomic E-state index is 0.232. The first-order valence-electron chi connectivity index (χ1n) is 8.04. The van der Waals surface area contributed by atoms with Gasteiger partial charge in [0.15, 0.2) is 11.6 Å². The minimum atomic E-state index is -0.397. The van der Waals surface area contributed by atoms with Crippen molar-refractivity contribution < 1.29 is 4.39 Å². The Morgan fingerprint density at radius 3 is 2.84 bits per heavy atom. The summed E-state index contributed by atoms with van der Waals surface area (Å²) < 4.78 is 18.0. The van der Waals surface area contributed by atoms with Gasteiger partial charge in [0.2, 0.25) is 0 Å². The number of aryl methyl sites for hydroxylation is 1. The molecule has 126 valence electrons. The number of aromatic nitrogens is 5. The van der Waals surface area contributed by atoms with Crippen LogP contribution in [-0.4, -0.2) is 24.1 Å². The van der Waals surface area contributed by atoms with Crippen molar-refractivity contribution in [2.45, 2.75) is 20.0 Å². The summed E-state index contributed by atoms with van der Waals surface area (Å²) in [4.78, 5) is 13.1. The lowest BCUT2D eigenvalue weighted by Gasteiger charge is -2.10. The minimum Gasteiger partial charge on any atom is -0.399 e. The molecule has 0 aliphatic carbocycles. The summed E-state index contributed by atoms with van der Waals surface area (Å²) in [7, 11) is 0. The molecule has 0 bridgehead atoms. The average Bonchev–Trinajstić information content (AvgIpc) is 3.19. The van der Waals surface area contributed by atoms with E-state index in [9.17, 15) is 4.39 Å². The molecule has 0 spiro atoms. The van der Waals surface area contributed by atoms with Gasteiger partial charge in [-0.05, 0) is 37.3 Å². The molecule has 0 aliphatic rings. The van der Waals surface area contributed by atoms with Gasteiger partial charge in [0.25, 0.3) is 0 Å². The second-order valence-electron chi connectivity index (χ2n) is 5.73. The zero-order chi connectivity index (χ0) is 17.4. The summed E-state index contributed by atoms with van der Waals surface area (Å²) >= 11 is 0. The van der Waals surface area contributed by atoms with Gasteiger partial charge in [-0.25, -0.2) is 19.3 Å². The normalized spacial score (nSPS) is 11.3. The fourth-order valence-corrected chi connectivity index (χ4v) is 3.03. The standard InChI is InChI=1S/C18H17FN6/c1-2-25-15-6-5-12(20)10-14(15)23-16(25)11-24-9-8-22-18(24)17-13(19)4-3-7-21-17/h3-10H,2,11,20H2,1H3. The van der Waals surface area contributed by atoms with Crippen LogP contribution >= 0.6 is 0 Å². The van der Waals surface area contributed by atoms with E-state index in [4.69, 9.17) is 10.7 Å². The molecule has 6 nitrogen and oxygen atoms in total. The van der Waals surface area contributed by atoms with E-state index in [1.165, 1.54) is 6.07 Å². The van der Waals surface area contributed by atoms with Crippen molar-refractivity contribution in [3.05, 3.63) is 60.6 Å². The largest absolute Gasteiger partial charge is 0.399 e. The molecule has 0 saturated heterocycles. The van der Waals surface area contributed by atoms with E-state index >= 15 is 0 Å². The highest BCUT2D eigenvalue weighted by molar-refractivity contribution is 5.79. The molecule has 0 unspecified atom stereocenters. The van der Waals surface area contributed by atoms with Crippen LogP contribution in [0.15, 0.2) is 48.9 Å². The molecule has 0 aliphatic heterocycles. The Hall–Kier alpha value is -3.22. The number of anilines is 1. The summed E-state index contributed by atoms with van der Waals surface area (Å²) in [5, 5.41) is 0. The molecule has 3 heterocycles. The van der Waals surface area contributed by atoms with Crippen molar-refractivity contribution in [1.82, 2.24) is 24.1 Å². The maximum Gasteiger partial charge on any atom is 0.162 e. The summed E-state index contributed by atoms with van der Waals surface area (Å²) in [5.41, 5.74) is 8.65. The van der Waals surface area contributed by atoms with Crippen LogP contribution in [0, 0.1) is 5.82 Å². The fraction of sp³-hybridized carbons (Fsp3) is 0.167. The van der Waals surface area contributed by atoms with Gasteiger partial charge in [-0.2, -0.15) is 0 Å². The Morgan fingerprint density at radius 2 is 2.04 bits per heavy atom. The van der Waals surface area contributed by atoms with Crippen molar-refractivity contribution >= 4 is 16.7 Å². The number of imidazole rings is 2. The van der Waals surface area contributed by atoms with Gasteiger partial charge in [-0.1, -0.05) is 0 Å². The number of halogens is 1. The number of pyridine rings is 1. The number of benzene rings is 1. The Bertz CT molecular complexity index is 1050. The Labute approximate surface area is 143 Å². The molecule has 0 radical (unpaired) electrons.